The van der Waals surface area contributed by atoms with Gasteiger partial charge in [-0.1, -0.05) is 25.7 Å². The van der Waals surface area contributed by atoms with E-state index < -0.39 is 5.92 Å². The van der Waals surface area contributed by atoms with Gasteiger partial charge in [0.05, 0.1) is 6.07 Å². The SMILES string of the molecule is N#CC(C(=O)NC1CCCC1)C(=O)C1CCCC1. The van der Waals surface area contributed by atoms with Crippen LogP contribution in [0.3, 0.4) is 0 Å². The van der Waals surface area contributed by atoms with Gasteiger partial charge in [0.15, 0.2) is 11.7 Å². The van der Waals surface area contributed by atoms with E-state index in [2.05, 4.69) is 5.32 Å². The third-order valence-electron chi connectivity index (χ3n) is 4.13. The monoisotopic (exact) mass is 248 g/mol. The number of carbonyl (C=O) groups is 2. The van der Waals surface area contributed by atoms with Crippen molar-refractivity contribution in [2.45, 2.75) is 57.4 Å². The molecule has 2 rings (SSSR count). The van der Waals surface area contributed by atoms with Crippen LogP contribution in [-0.4, -0.2) is 17.7 Å². The van der Waals surface area contributed by atoms with E-state index in [1.165, 1.54) is 0 Å². The zero-order chi connectivity index (χ0) is 13.0. The van der Waals surface area contributed by atoms with Crippen LogP contribution in [0.15, 0.2) is 0 Å². The topological polar surface area (TPSA) is 70.0 Å². The molecule has 0 aromatic heterocycles. The van der Waals surface area contributed by atoms with Gasteiger partial charge in [0.2, 0.25) is 5.91 Å². The molecule has 2 aliphatic rings. The summed E-state index contributed by atoms with van der Waals surface area (Å²) in [5, 5.41) is 11.9. The maximum atomic E-state index is 12.1. The lowest BCUT2D eigenvalue weighted by molar-refractivity contribution is -0.134. The molecule has 4 heteroatoms. The van der Waals surface area contributed by atoms with Crippen LogP contribution in [0.4, 0.5) is 0 Å². The van der Waals surface area contributed by atoms with Crippen molar-refractivity contribution in [2.75, 3.05) is 0 Å². The maximum Gasteiger partial charge on any atom is 0.245 e. The molecule has 4 nitrogen and oxygen atoms in total. The van der Waals surface area contributed by atoms with Crippen molar-refractivity contribution in [1.82, 2.24) is 5.32 Å². The van der Waals surface area contributed by atoms with Gasteiger partial charge in [-0.15, -0.1) is 0 Å². The van der Waals surface area contributed by atoms with Crippen LogP contribution in [0.2, 0.25) is 0 Å². The molecule has 2 saturated carbocycles. The Bertz CT molecular complexity index is 360. The molecule has 0 saturated heterocycles. The molecular weight excluding hydrogens is 228 g/mol. The van der Waals surface area contributed by atoms with E-state index in [1.54, 1.807) is 0 Å². The Kier molecular flexibility index (Phi) is 4.35. The Morgan fingerprint density at radius 1 is 1.06 bits per heavy atom. The number of hydrogen-bond acceptors (Lipinski definition) is 3. The van der Waals surface area contributed by atoms with Crippen LogP contribution >= 0.6 is 0 Å². The van der Waals surface area contributed by atoms with Crippen molar-refractivity contribution in [3.05, 3.63) is 0 Å². The minimum Gasteiger partial charge on any atom is -0.352 e. The number of amides is 1. The second-order valence-corrected chi connectivity index (χ2v) is 5.44. The molecule has 98 valence electrons. The van der Waals surface area contributed by atoms with E-state index in [0.29, 0.717) is 0 Å². The van der Waals surface area contributed by atoms with Crippen molar-refractivity contribution >= 4 is 11.7 Å². The van der Waals surface area contributed by atoms with Gasteiger partial charge in [-0.2, -0.15) is 5.26 Å². The van der Waals surface area contributed by atoms with Gasteiger partial charge in [-0.3, -0.25) is 9.59 Å². The fraction of sp³-hybridized carbons (Fsp3) is 0.786. The molecule has 0 heterocycles. The van der Waals surface area contributed by atoms with E-state index in [1.807, 2.05) is 6.07 Å². The predicted octanol–water partition coefficient (Wildman–Crippen LogP) is 1.94. The zero-order valence-electron chi connectivity index (χ0n) is 10.7. The summed E-state index contributed by atoms with van der Waals surface area (Å²) >= 11 is 0. The second kappa shape index (κ2) is 5.99. The Morgan fingerprint density at radius 3 is 2.17 bits per heavy atom. The molecule has 2 aliphatic carbocycles. The fourth-order valence-electron chi connectivity index (χ4n) is 3.05. The first-order valence-corrected chi connectivity index (χ1v) is 6.96. The number of nitrogens with one attached hydrogen (secondary N) is 1. The largest absolute Gasteiger partial charge is 0.352 e. The standard InChI is InChI=1S/C14H20N2O2/c15-9-12(13(17)10-5-1-2-6-10)14(18)16-11-7-3-4-8-11/h10-12H,1-8H2,(H,16,18). The average Bonchev–Trinajstić information content (AvgIpc) is 3.01. The molecule has 1 N–H and O–H groups in total. The molecule has 0 bridgehead atoms. The molecule has 0 spiro atoms. The van der Waals surface area contributed by atoms with E-state index in [0.717, 1.165) is 51.4 Å². The predicted molar refractivity (Wildman–Crippen MR) is 66.5 cm³/mol. The molecule has 0 aromatic rings. The van der Waals surface area contributed by atoms with Crippen LogP contribution in [0.1, 0.15) is 51.4 Å². The van der Waals surface area contributed by atoms with Crippen LogP contribution in [0.5, 0.6) is 0 Å². The van der Waals surface area contributed by atoms with E-state index in [-0.39, 0.29) is 23.7 Å². The summed E-state index contributed by atoms with van der Waals surface area (Å²) in [5.41, 5.74) is 0. The number of hydrogen-bond donors (Lipinski definition) is 1. The molecule has 0 radical (unpaired) electrons. The Labute approximate surface area is 108 Å². The van der Waals surface area contributed by atoms with Crippen LogP contribution in [0, 0.1) is 23.2 Å². The number of ketones is 1. The molecule has 1 amide bonds. The summed E-state index contributed by atoms with van der Waals surface area (Å²) in [4.78, 5) is 24.1. The Balaban J connectivity index is 1.92. The second-order valence-electron chi connectivity index (χ2n) is 5.44. The minimum atomic E-state index is -1.09. The highest BCUT2D eigenvalue weighted by atomic mass is 16.2. The number of nitriles is 1. The van der Waals surface area contributed by atoms with Gasteiger partial charge in [0, 0.05) is 12.0 Å². The lowest BCUT2D eigenvalue weighted by atomic mass is 9.91. The molecular formula is C14H20N2O2. The van der Waals surface area contributed by atoms with Gasteiger partial charge >= 0.3 is 0 Å². The smallest absolute Gasteiger partial charge is 0.245 e. The lowest BCUT2D eigenvalue weighted by Gasteiger charge is -2.16. The minimum absolute atomic E-state index is 0.0658. The van der Waals surface area contributed by atoms with E-state index in [4.69, 9.17) is 5.26 Å². The molecule has 1 atom stereocenters. The Hall–Kier alpha value is -1.37. The Morgan fingerprint density at radius 2 is 1.61 bits per heavy atom. The van der Waals surface area contributed by atoms with E-state index >= 15 is 0 Å². The van der Waals surface area contributed by atoms with Crippen LogP contribution < -0.4 is 5.32 Å². The van der Waals surface area contributed by atoms with Gasteiger partial charge in [0.25, 0.3) is 0 Å². The van der Waals surface area contributed by atoms with Crippen LogP contribution in [-0.2, 0) is 9.59 Å². The first-order chi connectivity index (χ1) is 8.72. The molecule has 2 fully saturated rings. The summed E-state index contributed by atoms with van der Waals surface area (Å²) in [6.45, 7) is 0. The number of carbonyl (C=O) groups excluding carboxylic acids is 2. The first kappa shape index (κ1) is 13.1. The van der Waals surface area contributed by atoms with Crippen LogP contribution in [0.25, 0.3) is 0 Å². The average molecular weight is 248 g/mol. The van der Waals surface area contributed by atoms with Crippen molar-refractivity contribution in [2.24, 2.45) is 11.8 Å². The summed E-state index contributed by atoms with van der Waals surface area (Å²) < 4.78 is 0. The molecule has 0 aromatic carbocycles. The highest BCUT2D eigenvalue weighted by Gasteiger charge is 2.34. The van der Waals surface area contributed by atoms with Gasteiger partial charge in [-0.05, 0) is 25.7 Å². The van der Waals surface area contributed by atoms with Gasteiger partial charge in [-0.25, -0.2) is 0 Å². The lowest BCUT2D eigenvalue weighted by Crippen LogP contribution is -2.41. The third kappa shape index (κ3) is 2.90. The summed E-state index contributed by atoms with van der Waals surface area (Å²) in [5.74, 6) is -1.69. The van der Waals surface area contributed by atoms with Crippen molar-refractivity contribution in [3.8, 4) is 6.07 Å². The molecule has 1 unspecified atom stereocenters. The number of rotatable bonds is 4. The zero-order valence-corrected chi connectivity index (χ0v) is 10.7. The highest BCUT2D eigenvalue weighted by molar-refractivity contribution is 6.05. The molecule has 18 heavy (non-hydrogen) atoms. The van der Waals surface area contributed by atoms with E-state index in [9.17, 15) is 9.59 Å². The third-order valence-corrected chi connectivity index (χ3v) is 4.13. The highest BCUT2D eigenvalue weighted by Crippen LogP contribution is 2.28. The van der Waals surface area contributed by atoms with Gasteiger partial charge in [0.1, 0.15) is 0 Å². The maximum absolute atomic E-state index is 12.1. The summed E-state index contributed by atoms with van der Waals surface area (Å²) in [6, 6.07) is 2.06. The van der Waals surface area contributed by atoms with Crippen molar-refractivity contribution in [1.29, 1.82) is 5.26 Å². The summed E-state index contributed by atoms with van der Waals surface area (Å²) in [6.07, 6.45) is 7.96. The van der Waals surface area contributed by atoms with Gasteiger partial charge < -0.3 is 5.32 Å². The molecule has 0 aliphatic heterocycles. The summed E-state index contributed by atoms with van der Waals surface area (Å²) in [7, 11) is 0. The number of nitrogens with zero attached hydrogens (tertiary/aromatic N) is 1. The van der Waals surface area contributed by atoms with Crippen molar-refractivity contribution < 1.29 is 9.59 Å². The first-order valence-electron chi connectivity index (χ1n) is 6.96. The van der Waals surface area contributed by atoms with Crippen molar-refractivity contribution in [3.63, 3.8) is 0 Å². The number of Topliss-reactive ketones (excluding diaryl/α,β-unsaturated/α-hetero) is 1. The quantitative estimate of drug-likeness (QED) is 0.773. The normalized spacial score (nSPS) is 22.6. The fourth-order valence-corrected chi connectivity index (χ4v) is 3.05.